The minimum absolute atomic E-state index is 0.0324. The monoisotopic (exact) mass is 253 g/mol. The summed E-state index contributed by atoms with van der Waals surface area (Å²) in [5.74, 6) is 0.599. The first kappa shape index (κ1) is 15.2. The molecule has 0 heterocycles. The molecular formula is C15H27NO2. The molecule has 1 aliphatic carbocycles. The van der Waals surface area contributed by atoms with Crippen LogP contribution in [-0.4, -0.2) is 17.7 Å². The normalized spacial score (nSPS) is 26.0. The van der Waals surface area contributed by atoms with Crippen LogP contribution in [0.3, 0.4) is 0 Å². The van der Waals surface area contributed by atoms with Crippen molar-refractivity contribution in [3.8, 4) is 0 Å². The molecule has 0 bridgehead atoms. The molecule has 1 fully saturated rings. The lowest BCUT2D eigenvalue weighted by Gasteiger charge is -2.36. The number of carbonyl (C=O) groups excluding carboxylic acids is 2. The highest BCUT2D eigenvalue weighted by molar-refractivity contribution is 5.91. The molecule has 0 unspecified atom stereocenters. The van der Waals surface area contributed by atoms with E-state index < -0.39 is 5.41 Å². The van der Waals surface area contributed by atoms with E-state index in [1.807, 2.05) is 20.8 Å². The van der Waals surface area contributed by atoms with E-state index in [1.165, 1.54) is 0 Å². The van der Waals surface area contributed by atoms with E-state index in [-0.39, 0.29) is 23.1 Å². The third-order valence-electron chi connectivity index (χ3n) is 3.85. The number of amides is 1. The molecule has 1 aliphatic rings. The molecule has 0 spiro atoms. The molecule has 104 valence electrons. The zero-order valence-corrected chi connectivity index (χ0v) is 12.6. The number of hydrogen-bond donors (Lipinski definition) is 1. The van der Waals surface area contributed by atoms with Crippen molar-refractivity contribution in [3.63, 3.8) is 0 Å². The van der Waals surface area contributed by atoms with Gasteiger partial charge in [0.2, 0.25) is 5.91 Å². The molecule has 0 radical (unpaired) electrons. The molecule has 0 aromatic carbocycles. The topological polar surface area (TPSA) is 46.2 Å². The maximum Gasteiger partial charge on any atom is 0.225 e. The standard InChI is InChI=1S/C15H27NO2/c1-14(2,3)10-7-8-11(12(17)9-10)16-13(18)15(4,5)6/h10-11H,7-9H2,1-6H3,(H,16,18)/t10-,11-/m0/s1. The minimum Gasteiger partial charge on any atom is -0.346 e. The molecular weight excluding hydrogens is 226 g/mol. The van der Waals surface area contributed by atoms with E-state index in [0.29, 0.717) is 12.3 Å². The fourth-order valence-electron chi connectivity index (χ4n) is 2.28. The highest BCUT2D eigenvalue weighted by Crippen LogP contribution is 2.36. The Morgan fingerprint density at radius 1 is 1.11 bits per heavy atom. The van der Waals surface area contributed by atoms with Gasteiger partial charge in [0, 0.05) is 11.8 Å². The van der Waals surface area contributed by atoms with Gasteiger partial charge in [-0.05, 0) is 24.2 Å². The molecule has 0 aliphatic heterocycles. The fraction of sp³-hybridized carbons (Fsp3) is 0.867. The van der Waals surface area contributed by atoms with Crippen molar-refractivity contribution in [2.45, 2.75) is 66.8 Å². The summed E-state index contributed by atoms with van der Waals surface area (Å²) < 4.78 is 0. The summed E-state index contributed by atoms with van der Waals surface area (Å²) in [7, 11) is 0. The van der Waals surface area contributed by atoms with Crippen LogP contribution in [0.15, 0.2) is 0 Å². The molecule has 1 saturated carbocycles. The summed E-state index contributed by atoms with van der Waals surface area (Å²) in [5, 5.41) is 2.89. The van der Waals surface area contributed by atoms with Crippen LogP contribution in [0.2, 0.25) is 0 Å². The SMILES string of the molecule is CC(C)(C)C(=O)N[C@H]1CC[C@H](C(C)(C)C)CC1=O. The van der Waals surface area contributed by atoms with Crippen LogP contribution >= 0.6 is 0 Å². The van der Waals surface area contributed by atoms with Gasteiger partial charge in [-0.25, -0.2) is 0 Å². The summed E-state index contributed by atoms with van der Waals surface area (Å²) in [6.07, 6.45) is 2.39. The average Bonchev–Trinajstić information content (AvgIpc) is 2.17. The molecule has 3 nitrogen and oxygen atoms in total. The smallest absolute Gasteiger partial charge is 0.225 e. The zero-order chi connectivity index (χ0) is 14.1. The van der Waals surface area contributed by atoms with Crippen LogP contribution in [0.4, 0.5) is 0 Å². The van der Waals surface area contributed by atoms with Gasteiger partial charge >= 0.3 is 0 Å². The van der Waals surface area contributed by atoms with Gasteiger partial charge in [0.15, 0.2) is 5.78 Å². The van der Waals surface area contributed by atoms with Crippen molar-refractivity contribution in [2.75, 3.05) is 0 Å². The lowest BCUT2D eigenvalue weighted by molar-refractivity contribution is -0.134. The third kappa shape index (κ3) is 3.82. The molecule has 2 atom stereocenters. The van der Waals surface area contributed by atoms with Gasteiger partial charge < -0.3 is 5.32 Å². The Balaban J connectivity index is 2.59. The number of rotatable bonds is 1. The first-order valence-corrected chi connectivity index (χ1v) is 6.85. The quantitative estimate of drug-likeness (QED) is 0.781. The van der Waals surface area contributed by atoms with Crippen molar-refractivity contribution < 1.29 is 9.59 Å². The lowest BCUT2D eigenvalue weighted by atomic mass is 9.71. The van der Waals surface area contributed by atoms with E-state index in [2.05, 4.69) is 26.1 Å². The van der Waals surface area contributed by atoms with Crippen LogP contribution in [0.1, 0.15) is 60.8 Å². The lowest BCUT2D eigenvalue weighted by Crippen LogP contribution is -2.49. The van der Waals surface area contributed by atoms with Crippen LogP contribution < -0.4 is 5.32 Å². The van der Waals surface area contributed by atoms with E-state index >= 15 is 0 Å². The Bertz CT molecular complexity index is 333. The second kappa shape index (κ2) is 5.02. The van der Waals surface area contributed by atoms with E-state index in [9.17, 15) is 9.59 Å². The molecule has 1 rings (SSSR count). The number of Topliss-reactive ketones (excluding diaryl/α,β-unsaturated/α-hetero) is 1. The summed E-state index contributed by atoms with van der Waals surface area (Å²) in [4.78, 5) is 24.0. The van der Waals surface area contributed by atoms with E-state index in [1.54, 1.807) is 0 Å². The molecule has 18 heavy (non-hydrogen) atoms. The molecule has 1 N–H and O–H groups in total. The highest BCUT2D eigenvalue weighted by atomic mass is 16.2. The Hall–Kier alpha value is -0.860. The van der Waals surface area contributed by atoms with Crippen molar-refractivity contribution in [2.24, 2.45) is 16.7 Å². The van der Waals surface area contributed by atoms with Crippen molar-refractivity contribution >= 4 is 11.7 Å². The first-order chi connectivity index (χ1) is 8.01. The Labute approximate surface area is 111 Å². The van der Waals surface area contributed by atoms with Crippen LogP contribution in [0.25, 0.3) is 0 Å². The zero-order valence-electron chi connectivity index (χ0n) is 12.6. The summed E-state index contributed by atoms with van der Waals surface area (Å²) in [6, 6.07) is -0.268. The summed E-state index contributed by atoms with van der Waals surface area (Å²) >= 11 is 0. The van der Waals surface area contributed by atoms with Gasteiger partial charge in [-0.3, -0.25) is 9.59 Å². The van der Waals surface area contributed by atoms with Crippen LogP contribution in [0, 0.1) is 16.7 Å². The van der Waals surface area contributed by atoms with Crippen molar-refractivity contribution in [1.82, 2.24) is 5.32 Å². The Morgan fingerprint density at radius 3 is 2.06 bits per heavy atom. The van der Waals surface area contributed by atoms with Gasteiger partial charge in [-0.1, -0.05) is 41.5 Å². The molecule has 3 heteroatoms. The number of ketones is 1. The van der Waals surface area contributed by atoms with Crippen molar-refractivity contribution in [1.29, 1.82) is 0 Å². The predicted molar refractivity (Wildman–Crippen MR) is 73.2 cm³/mol. The first-order valence-electron chi connectivity index (χ1n) is 6.85. The Morgan fingerprint density at radius 2 is 1.67 bits per heavy atom. The van der Waals surface area contributed by atoms with E-state index in [0.717, 1.165) is 12.8 Å². The summed E-state index contributed by atoms with van der Waals surface area (Å²) in [6.45, 7) is 12.1. The number of nitrogens with one attached hydrogen (secondary N) is 1. The van der Waals surface area contributed by atoms with Gasteiger partial charge in [-0.15, -0.1) is 0 Å². The average molecular weight is 253 g/mol. The second-order valence-corrected chi connectivity index (χ2v) is 7.59. The predicted octanol–water partition coefficient (Wildman–Crippen LogP) is 2.93. The highest BCUT2D eigenvalue weighted by Gasteiger charge is 2.36. The maximum atomic E-state index is 12.1. The molecule has 0 saturated heterocycles. The van der Waals surface area contributed by atoms with E-state index in [4.69, 9.17) is 0 Å². The molecule has 0 aromatic rings. The van der Waals surface area contributed by atoms with Gasteiger partial charge in [-0.2, -0.15) is 0 Å². The van der Waals surface area contributed by atoms with Gasteiger partial charge in [0.1, 0.15) is 0 Å². The number of hydrogen-bond acceptors (Lipinski definition) is 2. The number of carbonyl (C=O) groups is 2. The fourth-order valence-corrected chi connectivity index (χ4v) is 2.28. The maximum absolute atomic E-state index is 12.1. The van der Waals surface area contributed by atoms with Gasteiger partial charge in [0.05, 0.1) is 6.04 Å². The van der Waals surface area contributed by atoms with Crippen LogP contribution in [-0.2, 0) is 9.59 Å². The van der Waals surface area contributed by atoms with Crippen molar-refractivity contribution in [3.05, 3.63) is 0 Å². The second-order valence-electron chi connectivity index (χ2n) is 7.59. The third-order valence-corrected chi connectivity index (χ3v) is 3.85. The molecule has 0 aromatic heterocycles. The minimum atomic E-state index is -0.429. The van der Waals surface area contributed by atoms with Gasteiger partial charge in [0.25, 0.3) is 0 Å². The van der Waals surface area contributed by atoms with Crippen LogP contribution in [0.5, 0.6) is 0 Å². The molecule has 1 amide bonds. The summed E-state index contributed by atoms with van der Waals surface area (Å²) in [5.41, 5.74) is -0.254. The Kier molecular flexibility index (Phi) is 4.24. The largest absolute Gasteiger partial charge is 0.346 e.